The lowest BCUT2D eigenvalue weighted by atomic mass is 10.1. The van der Waals surface area contributed by atoms with Crippen LogP contribution in [0.2, 0.25) is 0 Å². The second kappa shape index (κ2) is 4.38. The standard InChI is InChI=1S/C9H17NO/c1-9(2,11)7-5-6-8-10(3)4/h11H,7-8H2,1-4H3. The average molecular weight is 155 g/mol. The van der Waals surface area contributed by atoms with Gasteiger partial charge in [0.15, 0.2) is 0 Å². The van der Waals surface area contributed by atoms with Gasteiger partial charge < -0.3 is 5.11 Å². The Balaban J connectivity index is 3.57. The van der Waals surface area contributed by atoms with Gasteiger partial charge in [0, 0.05) is 6.42 Å². The van der Waals surface area contributed by atoms with Crippen LogP contribution >= 0.6 is 0 Å². The molecular formula is C9H17NO. The maximum atomic E-state index is 9.27. The van der Waals surface area contributed by atoms with Gasteiger partial charge in [-0.3, -0.25) is 4.90 Å². The summed E-state index contributed by atoms with van der Waals surface area (Å²) in [5, 5.41) is 9.27. The predicted octanol–water partition coefficient (Wildman–Crippen LogP) is 0.712. The molecule has 0 aliphatic heterocycles. The van der Waals surface area contributed by atoms with E-state index in [-0.39, 0.29) is 0 Å². The van der Waals surface area contributed by atoms with Gasteiger partial charge >= 0.3 is 0 Å². The smallest absolute Gasteiger partial charge is 0.0700 e. The Hall–Kier alpha value is -0.520. The fraction of sp³-hybridized carbons (Fsp3) is 0.778. The number of rotatable bonds is 2. The zero-order valence-corrected chi connectivity index (χ0v) is 7.81. The summed E-state index contributed by atoms with van der Waals surface area (Å²) in [7, 11) is 3.94. The molecule has 1 N–H and O–H groups in total. The molecule has 0 saturated heterocycles. The van der Waals surface area contributed by atoms with Crippen molar-refractivity contribution in [2.45, 2.75) is 25.9 Å². The van der Waals surface area contributed by atoms with Gasteiger partial charge in [-0.25, -0.2) is 0 Å². The van der Waals surface area contributed by atoms with Gasteiger partial charge in [-0.15, -0.1) is 0 Å². The summed E-state index contributed by atoms with van der Waals surface area (Å²) in [4.78, 5) is 2.00. The Kier molecular flexibility index (Phi) is 4.17. The Morgan fingerprint density at radius 3 is 2.18 bits per heavy atom. The van der Waals surface area contributed by atoms with Crippen LogP contribution in [0.4, 0.5) is 0 Å². The second-order valence-electron chi connectivity index (χ2n) is 3.58. The number of hydrogen-bond acceptors (Lipinski definition) is 2. The molecule has 2 heteroatoms. The Bertz CT molecular complexity index is 157. The van der Waals surface area contributed by atoms with Crippen molar-refractivity contribution >= 4 is 0 Å². The molecule has 0 atom stereocenters. The molecule has 64 valence electrons. The summed E-state index contributed by atoms with van der Waals surface area (Å²) in [6, 6.07) is 0. The van der Waals surface area contributed by atoms with Crippen LogP contribution in [0.5, 0.6) is 0 Å². The molecule has 0 amide bonds. The lowest BCUT2D eigenvalue weighted by Gasteiger charge is -2.11. The maximum absolute atomic E-state index is 9.27. The highest BCUT2D eigenvalue weighted by atomic mass is 16.3. The van der Waals surface area contributed by atoms with Crippen LogP contribution in [0.15, 0.2) is 0 Å². The summed E-state index contributed by atoms with van der Waals surface area (Å²) in [6.07, 6.45) is 0.542. The topological polar surface area (TPSA) is 23.5 Å². The lowest BCUT2D eigenvalue weighted by molar-refractivity contribution is 0.0862. The van der Waals surface area contributed by atoms with Gasteiger partial charge in [0.1, 0.15) is 0 Å². The zero-order valence-electron chi connectivity index (χ0n) is 7.81. The van der Waals surface area contributed by atoms with Crippen molar-refractivity contribution < 1.29 is 5.11 Å². The average Bonchev–Trinajstić information content (AvgIpc) is 1.78. The van der Waals surface area contributed by atoms with Crippen molar-refractivity contribution in [2.75, 3.05) is 20.6 Å². The maximum Gasteiger partial charge on any atom is 0.0700 e. The van der Waals surface area contributed by atoms with E-state index in [9.17, 15) is 5.11 Å². The zero-order chi connectivity index (χ0) is 8.91. The predicted molar refractivity (Wildman–Crippen MR) is 47.2 cm³/mol. The van der Waals surface area contributed by atoms with E-state index in [0.29, 0.717) is 6.42 Å². The molecule has 0 unspecified atom stereocenters. The first-order valence-corrected chi connectivity index (χ1v) is 3.74. The lowest BCUT2D eigenvalue weighted by Crippen LogP contribution is -2.17. The van der Waals surface area contributed by atoms with Crippen molar-refractivity contribution in [3.8, 4) is 11.8 Å². The van der Waals surface area contributed by atoms with E-state index in [1.54, 1.807) is 13.8 Å². The van der Waals surface area contributed by atoms with Gasteiger partial charge in [-0.2, -0.15) is 0 Å². The van der Waals surface area contributed by atoms with Crippen molar-refractivity contribution in [1.29, 1.82) is 0 Å². The fourth-order valence-corrected chi connectivity index (χ4v) is 0.493. The first-order chi connectivity index (χ1) is 4.92. The fourth-order valence-electron chi connectivity index (χ4n) is 0.493. The summed E-state index contributed by atoms with van der Waals surface area (Å²) in [5.41, 5.74) is -0.653. The molecule has 0 aromatic carbocycles. The molecule has 0 radical (unpaired) electrons. The number of nitrogens with zero attached hydrogens (tertiary/aromatic N) is 1. The summed E-state index contributed by atoms with van der Waals surface area (Å²) >= 11 is 0. The number of hydrogen-bond donors (Lipinski definition) is 1. The van der Waals surface area contributed by atoms with Gasteiger partial charge in [0.05, 0.1) is 12.1 Å². The first-order valence-electron chi connectivity index (χ1n) is 3.74. The molecule has 0 heterocycles. The minimum atomic E-state index is -0.653. The van der Waals surface area contributed by atoms with E-state index >= 15 is 0 Å². The van der Waals surface area contributed by atoms with E-state index in [0.717, 1.165) is 6.54 Å². The van der Waals surface area contributed by atoms with Gasteiger partial charge in [-0.1, -0.05) is 11.8 Å². The number of aliphatic hydroxyl groups is 1. The van der Waals surface area contributed by atoms with Gasteiger partial charge in [0.2, 0.25) is 0 Å². The third-order valence-corrected chi connectivity index (χ3v) is 1.04. The minimum Gasteiger partial charge on any atom is -0.389 e. The van der Waals surface area contributed by atoms with Gasteiger partial charge in [-0.05, 0) is 27.9 Å². The van der Waals surface area contributed by atoms with E-state index in [1.807, 2.05) is 19.0 Å². The summed E-state index contributed by atoms with van der Waals surface area (Å²) in [6.45, 7) is 4.28. The van der Waals surface area contributed by atoms with Crippen molar-refractivity contribution in [1.82, 2.24) is 4.90 Å². The molecule has 0 aromatic rings. The van der Waals surface area contributed by atoms with E-state index in [1.165, 1.54) is 0 Å². The molecule has 0 aliphatic rings. The Morgan fingerprint density at radius 2 is 1.82 bits per heavy atom. The third-order valence-electron chi connectivity index (χ3n) is 1.04. The second-order valence-corrected chi connectivity index (χ2v) is 3.58. The SMILES string of the molecule is CN(C)CC#CCC(C)(C)O. The Morgan fingerprint density at radius 1 is 1.27 bits per heavy atom. The van der Waals surface area contributed by atoms with Crippen LogP contribution < -0.4 is 0 Å². The molecule has 0 bridgehead atoms. The Labute approximate surface area is 69.2 Å². The highest BCUT2D eigenvalue weighted by Crippen LogP contribution is 2.04. The molecule has 11 heavy (non-hydrogen) atoms. The highest BCUT2D eigenvalue weighted by Gasteiger charge is 2.08. The van der Waals surface area contributed by atoms with E-state index < -0.39 is 5.60 Å². The molecule has 0 saturated carbocycles. The van der Waals surface area contributed by atoms with E-state index in [4.69, 9.17) is 0 Å². The van der Waals surface area contributed by atoms with E-state index in [2.05, 4.69) is 11.8 Å². The van der Waals surface area contributed by atoms with Crippen molar-refractivity contribution in [3.05, 3.63) is 0 Å². The first kappa shape index (κ1) is 10.5. The summed E-state index contributed by atoms with van der Waals surface area (Å²) < 4.78 is 0. The molecule has 2 nitrogen and oxygen atoms in total. The minimum absolute atomic E-state index is 0.542. The monoisotopic (exact) mass is 155 g/mol. The van der Waals surface area contributed by atoms with Crippen LogP contribution in [0.3, 0.4) is 0 Å². The van der Waals surface area contributed by atoms with Crippen LogP contribution in [-0.4, -0.2) is 36.2 Å². The van der Waals surface area contributed by atoms with Gasteiger partial charge in [0.25, 0.3) is 0 Å². The highest BCUT2D eigenvalue weighted by molar-refractivity contribution is 5.03. The van der Waals surface area contributed by atoms with Crippen molar-refractivity contribution in [3.63, 3.8) is 0 Å². The molecule has 0 rings (SSSR count). The molecule has 0 spiro atoms. The largest absolute Gasteiger partial charge is 0.389 e. The summed E-state index contributed by atoms with van der Waals surface area (Å²) in [5.74, 6) is 5.87. The van der Waals surface area contributed by atoms with Crippen LogP contribution in [-0.2, 0) is 0 Å². The quantitative estimate of drug-likeness (QED) is 0.594. The third kappa shape index (κ3) is 9.48. The van der Waals surface area contributed by atoms with Crippen LogP contribution in [0.25, 0.3) is 0 Å². The van der Waals surface area contributed by atoms with Crippen LogP contribution in [0, 0.1) is 11.8 Å². The molecule has 0 fully saturated rings. The molecular weight excluding hydrogens is 138 g/mol. The molecule has 0 aromatic heterocycles. The van der Waals surface area contributed by atoms with Crippen LogP contribution in [0.1, 0.15) is 20.3 Å². The normalized spacial score (nSPS) is 11.1. The van der Waals surface area contributed by atoms with Crippen molar-refractivity contribution in [2.24, 2.45) is 0 Å². The molecule has 0 aliphatic carbocycles.